The van der Waals surface area contributed by atoms with Crippen LogP contribution in [-0.4, -0.2) is 172 Å². The second kappa shape index (κ2) is 15.6. The second-order valence-corrected chi connectivity index (χ2v) is 19.0. The topological polar surface area (TPSA) is 245 Å². The van der Waals surface area contributed by atoms with Gasteiger partial charge in [-0.1, -0.05) is 19.9 Å². The smallest absolute Gasteiger partial charge is 0.331 e. The maximum Gasteiger partial charge on any atom is 0.331 e. The van der Waals surface area contributed by atoms with Gasteiger partial charge < -0.3 is 78.4 Å². The molecule has 4 saturated heterocycles. The minimum Gasteiger partial charge on any atom is -0.458 e. The molecular formula is C42H62O17. The Morgan fingerprint density at radius 2 is 1.56 bits per heavy atom. The van der Waals surface area contributed by atoms with Crippen molar-refractivity contribution in [2.45, 2.75) is 182 Å². The Balaban J connectivity index is 0.797. The fraction of sp³-hybridized carbons (Fsp3) is 0.881. The third-order valence-electron chi connectivity index (χ3n) is 16.2. The van der Waals surface area contributed by atoms with Crippen LogP contribution in [0.2, 0.25) is 0 Å². The molecular weight excluding hydrogens is 776 g/mol. The van der Waals surface area contributed by atoms with Gasteiger partial charge in [0.25, 0.3) is 0 Å². The van der Waals surface area contributed by atoms with Gasteiger partial charge in [-0.3, -0.25) is 0 Å². The lowest BCUT2D eigenvalue weighted by Crippen LogP contribution is -2.63. The van der Waals surface area contributed by atoms with E-state index in [9.17, 15) is 40.5 Å². The van der Waals surface area contributed by atoms with Gasteiger partial charge >= 0.3 is 5.97 Å². The lowest BCUT2D eigenvalue weighted by molar-refractivity contribution is -0.355. The van der Waals surface area contributed by atoms with Gasteiger partial charge in [-0.2, -0.15) is 0 Å². The van der Waals surface area contributed by atoms with Crippen LogP contribution in [0, 0.1) is 22.7 Å². The molecule has 7 fully saturated rings. The highest BCUT2D eigenvalue weighted by Crippen LogP contribution is 2.80. The second-order valence-electron chi connectivity index (χ2n) is 19.0. The third-order valence-corrected chi connectivity index (χ3v) is 16.2. The number of hydrogen-bond acceptors (Lipinski definition) is 17. The van der Waals surface area contributed by atoms with E-state index < -0.39 is 99.2 Å². The molecule has 4 aliphatic carbocycles. The first-order chi connectivity index (χ1) is 28.1. The molecule has 21 atom stereocenters. The summed E-state index contributed by atoms with van der Waals surface area (Å²) >= 11 is 0. The van der Waals surface area contributed by atoms with Crippen molar-refractivity contribution in [1.29, 1.82) is 0 Å². The van der Waals surface area contributed by atoms with Gasteiger partial charge in [-0.05, 0) is 81.1 Å². The van der Waals surface area contributed by atoms with E-state index >= 15 is 0 Å². The van der Waals surface area contributed by atoms with Crippen LogP contribution >= 0.6 is 0 Å². The lowest BCUT2D eigenvalue weighted by atomic mass is 9.44. The van der Waals surface area contributed by atoms with E-state index in [0.717, 1.165) is 56.9 Å². The number of carbonyl (C=O) groups is 1. The Bertz CT molecular complexity index is 1660. The average molecular weight is 839 g/mol. The molecule has 0 unspecified atom stereocenters. The zero-order valence-electron chi connectivity index (χ0n) is 34.2. The quantitative estimate of drug-likeness (QED) is 0.0861. The van der Waals surface area contributed by atoms with Crippen LogP contribution in [0.1, 0.15) is 78.6 Å². The minimum atomic E-state index is -1.69. The maximum atomic E-state index is 12.0. The predicted molar refractivity (Wildman–Crippen MR) is 200 cm³/mol. The molecule has 0 aromatic carbocycles. The van der Waals surface area contributed by atoms with Crippen LogP contribution in [0.15, 0.2) is 23.3 Å². The summed E-state index contributed by atoms with van der Waals surface area (Å²) in [4.78, 5) is 12.0. The van der Waals surface area contributed by atoms with E-state index in [0.29, 0.717) is 24.9 Å². The molecule has 0 aromatic heterocycles. The first-order valence-corrected chi connectivity index (χ1v) is 21.5. The van der Waals surface area contributed by atoms with Crippen molar-refractivity contribution in [1.82, 2.24) is 0 Å². The zero-order chi connectivity index (χ0) is 41.8. The molecule has 59 heavy (non-hydrogen) atoms. The number of cyclic esters (lactones) is 1. The zero-order valence-corrected chi connectivity index (χ0v) is 34.2. The molecule has 3 saturated carbocycles. The molecule has 9 aliphatic rings. The van der Waals surface area contributed by atoms with E-state index in [4.69, 9.17) is 42.6 Å². The molecule has 0 amide bonds. The molecule has 0 radical (unpaired) electrons. The van der Waals surface area contributed by atoms with E-state index in [2.05, 4.69) is 19.9 Å². The average Bonchev–Trinajstić information content (AvgIpc) is 3.53. The number of aliphatic hydroxyl groups is 7. The Hall–Kier alpha value is -1.65. The monoisotopic (exact) mass is 838 g/mol. The van der Waals surface area contributed by atoms with Crippen molar-refractivity contribution in [2.75, 3.05) is 26.9 Å². The molecule has 17 nitrogen and oxygen atoms in total. The van der Waals surface area contributed by atoms with Crippen molar-refractivity contribution in [3.63, 3.8) is 0 Å². The number of methoxy groups -OCH3 is 1. The summed E-state index contributed by atoms with van der Waals surface area (Å²) < 4.78 is 54.4. The fourth-order valence-electron chi connectivity index (χ4n) is 12.9. The normalized spacial score (nSPS) is 54.3. The standard InChI is InChI=1S/C42H62O17/c1-19-36(58-38-35(50)33(48)31(46)26(57-38)18-53-37-34(49)32(47)30(45)25(16-43)56-37)24(51-4)15-29(54-19)55-22-6-9-39(2)21(14-22)5-11-41-27(39)8-10-40(3)23(7-12-42(40,41)59-41)20-13-28(44)52-17-20/h7,13,19,21-22,24-27,29-38,43,45-50H,5-6,8-12,14-18H2,1-4H3/t19-,21+,22-,24+,25+,26+,27-,29-,30+,31+,32-,33-,34+,35+,36+,37+,38-,39-,40+,41+,42-/m0/s1. The van der Waals surface area contributed by atoms with Crippen LogP contribution in [0.3, 0.4) is 0 Å². The summed E-state index contributed by atoms with van der Waals surface area (Å²) in [6.45, 7) is 5.85. The summed E-state index contributed by atoms with van der Waals surface area (Å²) in [5.74, 6) is 0.660. The van der Waals surface area contributed by atoms with E-state index in [-0.39, 0.29) is 34.1 Å². The minimum absolute atomic E-state index is 0.00610. The highest BCUT2D eigenvalue weighted by molar-refractivity contribution is 5.87. The summed E-state index contributed by atoms with van der Waals surface area (Å²) in [5.41, 5.74) is 1.87. The van der Waals surface area contributed by atoms with Gasteiger partial charge in [0, 0.05) is 30.6 Å². The fourth-order valence-corrected chi connectivity index (χ4v) is 12.9. The predicted octanol–water partition coefficient (Wildman–Crippen LogP) is -0.132. The largest absolute Gasteiger partial charge is 0.458 e. The van der Waals surface area contributed by atoms with Crippen molar-refractivity contribution >= 4 is 5.97 Å². The first-order valence-electron chi connectivity index (χ1n) is 21.5. The van der Waals surface area contributed by atoms with Crippen LogP contribution in [-0.2, 0) is 47.4 Å². The molecule has 332 valence electrons. The summed E-state index contributed by atoms with van der Waals surface area (Å²) in [5, 5.41) is 72.4. The number of hydrogen-bond donors (Lipinski definition) is 7. The SMILES string of the molecule is CO[C@@H]1C[C@H](O[C@H]2CC[C@@]3(C)[C@H](CC[C@]45O[C@]46CC=C(C4=CC(=O)OC4)[C@@]6(C)CC[C@@H]35)C2)O[C@@H](C)[C@H]1O[C@@H]1O[C@H](CO[C@@H]2O[C@H](CO)[C@@H](O)[C@H](O)[C@H]2O)[C@@H](O)[C@H](O)[C@H]1O. The molecule has 9 rings (SSSR count). The third kappa shape index (κ3) is 6.64. The van der Waals surface area contributed by atoms with Crippen molar-refractivity contribution in [2.24, 2.45) is 22.7 Å². The van der Waals surface area contributed by atoms with Crippen LogP contribution in [0.5, 0.6) is 0 Å². The van der Waals surface area contributed by atoms with Crippen molar-refractivity contribution in [3.8, 4) is 0 Å². The Labute approximate surface area is 343 Å². The molecule has 5 aliphatic heterocycles. The highest BCUT2D eigenvalue weighted by atomic mass is 16.8. The van der Waals surface area contributed by atoms with Gasteiger partial charge in [0.05, 0.1) is 31.5 Å². The maximum absolute atomic E-state index is 12.0. The van der Waals surface area contributed by atoms with Gasteiger partial charge in [0.2, 0.25) is 0 Å². The molecule has 17 heteroatoms. The van der Waals surface area contributed by atoms with Crippen molar-refractivity contribution in [3.05, 3.63) is 23.3 Å². The summed E-state index contributed by atoms with van der Waals surface area (Å²) in [6, 6.07) is 0. The van der Waals surface area contributed by atoms with E-state index in [1.54, 1.807) is 13.2 Å². The number of esters is 1. The molecule has 0 aromatic rings. The van der Waals surface area contributed by atoms with Gasteiger partial charge in [0.15, 0.2) is 18.9 Å². The molecule has 5 heterocycles. The van der Waals surface area contributed by atoms with Crippen LogP contribution < -0.4 is 0 Å². The van der Waals surface area contributed by atoms with Gasteiger partial charge in [0.1, 0.15) is 72.7 Å². The number of fused-ring (bicyclic) bond motifs is 2. The lowest BCUT2D eigenvalue weighted by Gasteiger charge is -2.58. The van der Waals surface area contributed by atoms with Crippen LogP contribution in [0.25, 0.3) is 0 Å². The Kier molecular flexibility index (Phi) is 11.2. The summed E-state index contributed by atoms with van der Waals surface area (Å²) in [7, 11) is 1.55. The van der Waals surface area contributed by atoms with Gasteiger partial charge in [-0.25, -0.2) is 4.79 Å². The molecule has 2 spiro atoms. The number of rotatable bonds is 10. The number of ether oxygens (including phenoxy) is 9. The molecule has 7 N–H and O–H groups in total. The highest BCUT2D eigenvalue weighted by Gasteiger charge is 2.85. The van der Waals surface area contributed by atoms with Gasteiger partial charge in [-0.15, -0.1) is 0 Å². The van der Waals surface area contributed by atoms with Crippen LogP contribution in [0.4, 0.5) is 0 Å². The Morgan fingerprint density at radius 1 is 0.831 bits per heavy atom. The summed E-state index contributed by atoms with van der Waals surface area (Å²) in [6.07, 6.45) is -5.56. The number of aliphatic hydroxyl groups excluding tert-OH is 7. The van der Waals surface area contributed by atoms with Crippen molar-refractivity contribution < 1.29 is 83.2 Å². The Morgan fingerprint density at radius 3 is 2.27 bits per heavy atom. The number of epoxide rings is 1. The van der Waals surface area contributed by atoms with E-state index in [1.807, 2.05) is 6.92 Å². The molecule has 0 bridgehead atoms. The first kappa shape index (κ1) is 42.6. The number of carbonyl (C=O) groups excluding carboxylic acids is 1. The van der Waals surface area contributed by atoms with E-state index in [1.165, 1.54) is 5.57 Å².